The number of aromatic amines is 1. The van der Waals surface area contributed by atoms with E-state index in [1.807, 2.05) is 6.92 Å². The Hall–Kier alpha value is -1.23. The molecule has 0 spiro atoms. The van der Waals surface area contributed by atoms with Gasteiger partial charge in [0.15, 0.2) is 0 Å². The summed E-state index contributed by atoms with van der Waals surface area (Å²) in [4.78, 5) is 18.5. The van der Waals surface area contributed by atoms with Gasteiger partial charge in [-0.2, -0.15) is 4.39 Å². The summed E-state index contributed by atoms with van der Waals surface area (Å²) < 4.78 is 19.4. The average molecular weight is 282 g/mol. The number of hydrogen-bond acceptors (Lipinski definition) is 3. The summed E-state index contributed by atoms with van der Waals surface area (Å²) in [6, 6.07) is 0. The highest BCUT2D eigenvalue weighted by atomic mass is 19.1. The van der Waals surface area contributed by atoms with Crippen LogP contribution in [0.3, 0.4) is 0 Å². The molecular weight excluding hydrogens is 259 g/mol. The lowest BCUT2D eigenvalue weighted by Crippen LogP contribution is -2.40. The Morgan fingerprint density at radius 3 is 2.40 bits per heavy atom. The highest BCUT2D eigenvalue weighted by Crippen LogP contribution is 2.46. The van der Waals surface area contributed by atoms with Crippen LogP contribution in [0.25, 0.3) is 0 Å². The lowest BCUT2D eigenvalue weighted by Gasteiger charge is -2.42. The predicted molar refractivity (Wildman–Crippen MR) is 75.1 cm³/mol. The van der Waals surface area contributed by atoms with E-state index in [0.717, 1.165) is 25.7 Å². The van der Waals surface area contributed by atoms with Crippen molar-refractivity contribution >= 4 is 0 Å². The molecule has 112 valence electrons. The summed E-state index contributed by atoms with van der Waals surface area (Å²) in [6.45, 7) is 8.45. The zero-order chi connectivity index (χ0) is 15.0. The molecule has 1 aliphatic carbocycles. The first-order valence-electron chi connectivity index (χ1n) is 7.20. The topological polar surface area (TPSA) is 55.0 Å². The van der Waals surface area contributed by atoms with Gasteiger partial charge in [-0.1, -0.05) is 13.8 Å². The standard InChI is InChI=1S/C15H23FN2O2/c1-5-20-15(8-6-14(3,4)7-9-15)13-17-10(2)11(16)12(19)18-13/h5-9H2,1-4H3,(H,17,18,19). The molecule has 0 radical (unpaired) electrons. The van der Waals surface area contributed by atoms with E-state index in [4.69, 9.17) is 4.74 Å². The van der Waals surface area contributed by atoms with E-state index in [1.54, 1.807) is 0 Å². The number of nitrogens with one attached hydrogen (secondary N) is 1. The van der Waals surface area contributed by atoms with Gasteiger partial charge in [-0.15, -0.1) is 0 Å². The molecule has 1 N–H and O–H groups in total. The van der Waals surface area contributed by atoms with Gasteiger partial charge < -0.3 is 9.72 Å². The Morgan fingerprint density at radius 1 is 1.30 bits per heavy atom. The number of rotatable bonds is 3. The monoisotopic (exact) mass is 282 g/mol. The fourth-order valence-electron chi connectivity index (χ4n) is 2.84. The van der Waals surface area contributed by atoms with E-state index in [1.165, 1.54) is 6.92 Å². The summed E-state index contributed by atoms with van der Waals surface area (Å²) in [5.41, 5.74) is -0.887. The van der Waals surface area contributed by atoms with E-state index in [9.17, 15) is 9.18 Å². The zero-order valence-corrected chi connectivity index (χ0v) is 12.7. The third-order valence-electron chi connectivity index (χ3n) is 4.29. The number of aryl methyl sites for hydroxylation is 1. The van der Waals surface area contributed by atoms with Crippen LogP contribution in [-0.2, 0) is 10.3 Å². The van der Waals surface area contributed by atoms with Crippen molar-refractivity contribution in [2.75, 3.05) is 6.61 Å². The summed E-state index contributed by atoms with van der Waals surface area (Å²) in [5, 5.41) is 0. The van der Waals surface area contributed by atoms with Gasteiger partial charge in [-0.25, -0.2) is 4.98 Å². The van der Waals surface area contributed by atoms with Crippen molar-refractivity contribution < 1.29 is 9.13 Å². The molecule has 0 aromatic carbocycles. The van der Waals surface area contributed by atoms with Crippen molar-refractivity contribution in [1.29, 1.82) is 0 Å². The Balaban J connectivity index is 2.42. The molecule has 1 aromatic rings. The van der Waals surface area contributed by atoms with Gasteiger partial charge in [-0.05, 0) is 44.9 Å². The molecule has 1 heterocycles. The number of ether oxygens (including phenoxy) is 1. The van der Waals surface area contributed by atoms with Gasteiger partial charge in [0.1, 0.15) is 11.4 Å². The van der Waals surface area contributed by atoms with Crippen molar-refractivity contribution in [3.05, 3.63) is 27.7 Å². The minimum atomic E-state index is -0.809. The number of halogens is 1. The van der Waals surface area contributed by atoms with Gasteiger partial charge in [0, 0.05) is 6.61 Å². The fourth-order valence-corrected chi connectivity index (χ4v) is 2.84. The number of nitrogens with zero attached hydrogens (tertiary/aromatic N) is 1. The average Bonchev–Trinajstić information content (AvgIpc) is 2.38. The van der Waals surface area contributed by atoms with Crippen molar-refractivity contribution in [2.45, 2.75) is 59.0 Å². The van der Waals surface area contributed by atoms with E-state index < -0.39 is 17.0 Å². The van der Waals surface area contributed by atoms with Crippen LogP contribution in [0, 0.1) is 18.2 Å². The summed E-state index contributed by atoms with van der Waals surface area (Å²) in [7, 11) is 0. The summed E-state index contributed by atoms with van der Waals surface area (Å²) in [6.07, 6.45) is 3.57. The molecule has 1 aliphatic rings. The second-order valence-electron chi connectivity index (χ2n) is 6.41. The molecule has 1 saturated carbocycles. The maximum absolute atomic E-state index is 13.5. The lowest BCUT2D eigenvalue weighted by atomic mass is 9.70. The predicted octanol–water partition coefficient (Wildman–Crippen LogP) is 3.05. The van der Waals surface area contributed by atoms with E-state index >= 15 is 0 Å². The minimum absolute atomic E-state index is 0.132. The molecule has 0 saturated heterocycles. The molecule has 0 unspecified atom stereocenters. The molecule has 5 heteroatoms. The van der Waals surface area contributed by atoms with Crippen LogP contribution >= 0.6 is 0 Å². The largest absolute Gasteiger partial charge is 0.367 e. The molecule has 1 aromatic heterocycles. The highest BCUT2D eigenvalue weighted by molar-refractivity contribution is 5.11. The molecular formula is C15H23FN2O2. The zero-order valence-electron chi connectivity index (χ0n) is 12.7. The molecule has 0 atom stereocenters. The quantitative estimate of drug-likeness (QED) is 0.927. The van der Waals surface area contributed by atoms with Crippen LogP contribution in [0.4, 0.5) is 4.39 Å². The fraction of sp³-hybridized carbons (Fsp3) is 0.733. The first-order chi connectivity index (χ1) is 9.30. The van der Waals surface area contributed by atoms with Crippen LogP contribution in [-0.4, -0.2) is 16.6 Å². The van der Waals surface area contributed by atoms with Crippen LogP contribution in [0.2, 0.25) is 0 Å². The molecule has 0 bridgehead atoms. The third kappa shape index (κ3) is 2.77. The lowest BCUT2D eigenvalue weighted by molar-refractivity contribution is -0.0951. The van der Waals surface area contributed by atoms with Crippen LogP contribution in [0.15, 0.2) is 4.79 Å². The van der Waals surface area contributed by atoms with Crippen LogP contribution in [0.5, 0.6) is 0 Å². The van der Waals surface area contributed by atoms with Gasteiger partial charge >= 0.3 is 0 Å². The van der Waals surface area contributed by atoms with Gasteiger partial charge in [0.05, 0.1) is 5.69 Å². The van der Waals surface area contributed by atoms with E-state index in [-0.39, 0.29) is 11.1 Å². The summed E-state index contributed by atoms with van der Waals surface area (Å²) in [5.74, 6) is -0.338. The van der Waals surface area contributed by atoms with E-state index in [0.29, 0.717) is 12.4 Å². The molecule has 2 rings (SSSR count). The number of hydrogen-bond donors (Lipinski definition) is 1. The van der Waals surface area contributed by atoms with Crippen molar-refractivity contribution in [1.82, 2.24) is 9.97 Å². The number of aromatic nitrogens is 2. The van der Waals surface area contributed by atoms with Crippen LogP contribution < -0.4 is 5.56 Å². The van der Waals surface area contributed by atoms with Crippen molar-refractivity contribution in [3.8, 4) is 0 Å². The first-order valence-corrected chi connectivity index (χ1v) is 7.20. The maximum atomic E-state index is 13.5. The van der Waals surface area contributed by atoms with Crippen molar-refractivity contribution in [2.24, 2.45) is 5.41 Å². The number of H-pyrrole nitrogens is 1. The van der Waals surface area contributed by atoms with E-state index in [2.05, 4.69) is 23.8 Å². The Kier molecular flexibility index (Phi) is 4.00. The molecule has 20 heavy (non-hydrogen) atoms. The second kappa shape index (κ2) is 5.28. The SMILES string of the molecule is CCOC1(c2nc(C)c(F)c(=O)[nH]2)CCC(C)(C)CC1. The molecule has 0 amide bonds. The summed E-state index contributed by atoms with van der Waals surface area (Å²) >= 11 is 0. The first kappa shape index (κ1) is 15.2. The van der Waals surface area contributed by atoms with Crippen molar-refractivity contribution in [3.63, 3.8) is 0 Å². The van der Waals surface area contributed by atoms with Gasteiger partial charge in [0.25, 0.3) is 5.56 Å². The normalized spacial score (nSPS) is 20.9. The molecule has 1 fully saturated rings. The minimum Gasteiger partial charge on any atom is -0.367 e. The highest BCUT2D eigenvalue weighted by Gasteiger charge is 2.42. The maximum Gasteiger partial charge on any atom is 0.287 e. The third-order valence-corrected chi connectivity index (χ3v) is 4.29. The van der Waals surface area contributed by atoms with Gasteiger partial charge in [-0.3, -0.25) is 4.79 Å². The Morgan fingerprint density at radius 2 is 1.90 bits per heavy atom. The molecule has 0 aliphatic heterocycles. The Bertz CT molecular complexity index is 541. The Labute approximate surface area is 118 Å². The van der Waals surface area contributed by atoms with Crippen LogP contribution in [0.1, 0.15) is 58.0 Å². The van der Waals surface area contributed by atoms with Gasteiger partial charge in [0.2, 0.25) is 5.82 Å². The second-order valence-corrected chi connectivity index (χ2v) is 6.41. The smallest absolute Gasteiger partial charge is 0.287 e. The molecule has 4 nitrogen and oxygen atoms in total.